The smallest absolute Gasteiger partial charge is 0.253 e. The van der Waals surface area contributed by atoms with Gasteiger partial charge in [0.15, 0.2) is 0 Å². The van der Waals surface area contributed by atoms with E-state index in [2.05, 4.69) is 33.6 Å². The average molecular weight is 475 g/mol. The van der Waals surface area contributed by atoms with Crippen LogP contribution in [0.25, 0.3) is 16.7 Å². The number of nitrogens with zero attached hydrogens (tertiary/aromatic N) is 3. The number of aromatic nitrogens is 2. The van der Waals surface area contributed by atoms with Crippen LogP contribution < -0.4 is 16.0 Å². The number of allylic oxidation sites excluding steroid dienone is 3. The van der Waals surface area contributed by atoms with Gasteiger partial charge >= 0.3 is 0 Å². The molecular formula is C27H34N6O2. The first-order chi connectivity index (χ1) is 16.8. The van der Waals surface area contributed by atoms with Gasteiger partial charge in [-0.3, -0.25) is 9.59 Å². The molecule has 0 bridgehead atoms. The number of rotatable bonds is 8. The number of pyridine rings is 1. The molecule has 2 amide bonds. The highest BCUT2D eigenvalue weighted by molar-refractivity contribution is 5.98. The Morgan fingerprint density at radius 3 is 2.60 bits per heavy atom. The van der Waals surface area contributed by atoms with Crippen molar-refractivity contribution >= 4 is 28.5 Å². The van der Waals surface area contributed by atoms with Gasteiger partial charge in [0.2, 0.25) is 5.91 Å². The van der Waals surface area contributed by atoms with Crippen LogP contribution >= 0.6 is 0 Å². The van der Waals surface area contributed by atoms with Crippen molar-refractivity contribution in [1.29, 1.82) is 5.26 Å². The number of nitriles is 1. The van der Waals surface area contributed by atoms with Crippen molar-refractivity contribution in [2.24, 2.45) is 5.92 Å². The minimum Gasteiger partial charge on any atom is -0.382 e. The lowest BCUT2D eigenvalue weighted by Crippen LogP contribution is -2.42. The average Bonchev–Trinajstić information content (AvgIpc) is 3.27. The summed E-state index contributed by atoms with van der Waals surface area (Å²) in [6.07, 6.45) is 10.1. The van der Waals surface area contributed by atoms with Crippen LogP contribution in [0.3, 0.4) is 0 Å². The van der Waals surface area contributed by atoms with E-state index in [4.69, 9.17) is 5.26 Å². The van der Waals surface area contributed by atoms with Crippen molar-refractivity contribution in [3.8, 4) is 6.07 Å². The zero-order chi connectivity index (χ0) is 25.5. The van der Waals surface area contributed by atoms with Crippen LogP contribution in [-0.2, 0) is 9.59 Å². The summed E-state index contributed by atoms with van der Waals surface area (Å²) in [4.78, 5) is 29.6. The van der Waals surface area contributed by atoms with Gasteiger partial charge in [-0.1, -0.05) is 12.7 Å². The first kappa shape index (κ1) is 25.8. The highest BCUT2D eigenvalue weighted by atomic mass is 16.2. The maximum Gasteiger partial charge on any atom is 0.253 e. The zero-order valence-corrected chi connectivity index (χ0v) is 20.9. The number of hydrogen-bond acceptors (Lipinski definition) is 5. The first-order valence-electron chi connectivity index (χ1n) is 12.0. The van der Waals surface area contributed by atoms with Crippen molar-refractivity contribution in [3.63, 3.8) is 0 Å². The Balaban J connectivity index is 1.79. The summed E-state index contributed by atoms with van der Waals surface area (Å²) < 4.78 is 1.84. The molecular weight excluding hydrogens is 440 g/mol. The Morgan fingerprint density at radius 1 is 1.29 bits per heavy atom. The van der Waals surface area contributed by atoms with Crippen molar-refractivity contribution in [1.82, 2.24) is 25.5 Å². The van der Waals surface area contributed by atoms with Gasteiger partial charge in [0.25, 0.3) is 5.91 Å². The fourth-order valence-corrected chi connectivity index (χ4v) is 4.44. The van der Waals surface area contributed by atoms with E-state index >= 15 is 0 Å². The molecule has 1 fully saturated rings. The van der Waals surface area contributed by atoms with Crippen molar-refractivity contribution in [2.75, 3.05) is 7.05 Å². The minimum atomic E-state index is -0.155. The molecule has 3 N–H and O–H groups in total. The van der Waals surface area contributed by atoms with E-state index in [-0.39, 0.29) is 29.8 Å². The van der Waals surface area contributed by atoms with E-state index in [1.54, 1.807) is 19.2 Å². The molecule has 8 heteroatoms. The number of carbonyl (C=O) groups excluding carboxylic acids is 2. The number of hydrogen-bond donors (Lipinski definition) is 3. The highest BCUT2D eigenvalue weighted by Crippen LogP contribution is 2.25. The molecule has 2 heterocycles. The number of fused-ring (bicyclic) bond motifs is 1. The number of nitrogens with one attached hydrogen (secondary N) is 3. The summed E-state index contributed by atoms with van der Waals surface area (Å²) in [7, 11) is 1.66. The van der Waals surface area contributed by atoms with Crippen LogP contribution in [0.5, 0.6) is 0 Å². The minimum absolute atomic E-state index is 0.0185. The molecule has 3 rings (SSSR count). The maximum absolute atomic E-state index is 13.3. The Hall–Kier alpha value is -3.86. The van der Waals surface area contributed by atoms with Gasteiger partial charge in [-0.05, 0) is 64.7 Å². The summed E-state index contributed by atoms with van der Waals surface area (Å²) in [5, 5.41) is 19.2. The van der Waals surface area contributed by atoms with E-state index in [1.807, 2.05) is 43.7 Å². The lowest BCUT2D eigenvalue weighted by Gasteiger charge is -2.29. The van der Waals surface area contributed by atoms with E-state index in [9.17, 15) is 9.59 Å². The molecule has 2 aromatic rings. The fourth-order valence-electron chi connectivity index (χ4n) is 4.44. The van der Waals surface area contributed by atoms with Crippen LogP contribution in [0.15, 0.2) is 54.5 Å². The molecule has 0 aromatic carbocycles. The fraction of sp³-hybridized carbons (Fsp3) is 0.407. The van der Waals surface area contributed by atoms with Crippen molar-refractivity contribution in [2.45, 2.75) is 58.5 Å². The van der Waals surface area contributed by atoms with E-state index in [0.717, 1.165) is 31.1 Å². The zero-order valence-electron chi connectivity index (χ0n) is 20.9. The van der Waals surface area contributed by atoms with Gasteiger partial charge in [0.05, 0.1) is 11.1 Å². The molecule has 0 aliphatic heterocycles. The van der Waals surface area contributed by atoms with Gasteiger partial charge in [-0.2, -0.15) is 5.26 Å². The molecule has 2 aromatic heterocycles. The monoisotopic (exact) mass is 474 g/mol. The second-order valence-corrected chi connectivity index (χ2v) is 9.12. The Kier molecular flexibility index (Phi) is 8.48. The lowest BCUT2D eigenvalue weighted by molar-refractivity contribution is -0.125. The van der Waals surface area contributed by atoms with Crippen molar-refractivity contribution < 1.29 is 9.59 Å². The van der Waals surface area contributed by atoms with Crippen LogP contribution in [-0.4, -0.2) is 40.5 Å². The number of amides is 2. The molecule has 0 unspecified atom stereocenters. The summed E-state index contributed by atoms with van der Waals surface area (Å²) in [6, 6.07) is 5.90. The molecule has 0 spiro atoms. The summed E-state index contributed by atoms with van der Waals surface area (Å²) in [5.41, 5.74) is 3.02. The SMILES string of the molecule is C=C(/C=C(NC(C)C)\C(=C/C)C(=O)NC1CCC(C(=O)NC)CC1)n1ccc2cc(C#N)cnc21. The summed E-state index contributed by atoms with van der Waals surface area (Å²) in [5.74, 6) is -0.0631. The maximum atomic E-state index is 13.3. The van der Waals surface area contributed by atoms with Crippen LogP contribution in [0, 0.1) is 17.2 Å². The van der Waals surface area contributed by atoms with Gasteiger partial charge in [-0.15, -0.1) is 0 Å². The summed E-state index contributed by atoms with van der Waals surface area (Å²) >= 11 is 0. The predicted octanol–water partition coefficient (Wildman–Crippen LogP) is 3.63. The Morgan fingerprint density at radius 2 is 2.00 bits per heavy atom. The quantitative estimate of drug-likeness (QED) is 0.400. The topological polar surface area (TPSA) is 112 Å². The normalized spacial score (nSPS) is 18.7. The Labute approximate surface area is 206 Å². The van der Waals surface area contributed by atoms with E-state index in [1.165, 1.54) is 6.20 Å². The molecule has 0 atom stereocenters. The molecule has 1 aliphatic rings. The van der Waals surface area contributed by atoms with E-state index < -0.39 is 0 Å². The second-order valence-electron chi connectivity index (χ2n) is 9.12. The van der Waals surface area contributed by atoms with Gasteiger partial charge in [0, 0.05) is 54.2 Å². The van der Waals surface area contributed by atoms with Gasteiger partial charge in [-0.25, -0.2) is 4.98 Å². The highest BCUT2D eigenvalue weighted by Gasteiger charge is 2.27. The van der Waals surface area contributed by atoms with Crippen LogP contribution in [0.1, 0.15) is 52.0 Å². The predicted molar refractivity (Wildman–Crippen MR) is 138 cm³/mol. The summed E-state index contributed by atoms with van der Waals surface area (Å²) in [6.45, 7) is 10.1. The Bertz CT molecular complexity index is 1210. The first-order valence-corrected chi connectivity index (χ1v) is 12.0. The number of carbonyl (C=O) groups is 2. The molecule has 8 nitrogen and oxygen atoms in total. The third-order valence-corrected chi connectivity index (χ3v) is 6.22. The molecule has 1 saturated carbocycles. The van der Waals surface area contributed by atoms with Gasteiger partial charge < -0.3 is 20.5 Å². The molecule has 0 saturated heterocycles. The molecule has 184 valence electrons. The van der Waals surface area contributed by atoms with Crippen LogP contribution in [0.2, 0.25) is 0 Å². The largest absolute Gasteiger partial charge is 0.382 e. The van der Waals surface area contributed by atoms with E-state index in [0.29, 0.717) is 28.2 Å². The molecule has 1 aliphatic carbocycles. The standard InChI is InChI=1S/C27H34N6O2/c1-6-23(27(35)32-22-9-7-20(8-10-22)26(34)29-5)24(31-17(2)3)13-18(4)33-12-11-21-14-19(15-28)16-30-25(21)33/h6,11-14,16-17,20,22,31H,4,7-10H2,1-3,5H3,(H,29,34)(H,32,35)/b23-6+,24-13+. The molecule has 35 heavy (non-hydrogen) atoms. The second kappa shape index (κ2) is 11.5. The third kappa shape index (κ3) is 6.18. The lowest BCUT2D eigenvalue weighted by atomic mass is 9.85. The van der Waals surface area contributed by atoms with Crippen molar-refractivity contribution in [3.05, 3.63) is 60.1 Å². The van der Waals surface area contributed by atoms with Crippen LogP contribution in [0.4, 0.5) is 0 Å². The van der Waals surface area contributed by atoms with Gasteiger partial charge in [0.1, 0.15) is 11.7 Å². The molecule has 0 radical (unpaired) electrons. The third-order valence-electron chi connectivity index (χ3n) is 6.22.